The van der Waals surface area contributed by atoms with Crippen molar-refractivity contribution in [1.29, 1.82) is 0 Å². The van der Waals surface area contributed by atoms with E-state index in [1.54, 1.807) is 24.3 Å². The van der Waals surface area contributed by atoms with Crippen molar-refractivity contribution in [2.45, 2.75) is 12.8 Å². The third-order valence-electron chi connectivity index (χ3n) is 3.21. The van der Waals surface area contributed by atoms with Crippen LogP contribution in [0.15, 0.2) is 38.6 Å². The smallest absolute Gasteiger partial charge is 0.265 e. The van der Waals surface area contributed by atoms with Gasteiger partial charge in [0.25, 0.3) is 5.91 Å². The van der Waals surface area contributed by atoms with Gasteiger partial charge in [-0.3, -0.25) is 9.59 Å². The molecule has 0 spiro atoms. The van der Waals surface area contributed by atoms with Gasteiger partial charge in [0, 0.05) is 21.8 Å². The van der Waals surface area contributed by atoms with Gasteiger partial charge in [0.05, 0.1) is 8.66 Å². The molecule has 0 radical (unpaired) electrons. The van der Waals surface area contributed by atoms with Gasteiger partial charge in [-0.05, 0) is 69.0 Å². The third-order valence-corrected chi connectivity index (χ3v) is 6.46. The van der Waals surface area contributed by atoms with E-state index in [0.29, 0.717) is 16.3 Å². The molecule has 0 bridgehead atoms. The topological polar surface area (TPSA) is 58.2 Å². The summed E-state index contributed by atoms with van der Waals surface area (Å²) in [5.74, 6) is 0.0238. The molecule has 1 aliphatic carbocycles. The highest BCUT2D eigenvalue weighted by molar-refractivity contribution is 9.13. The minimum atomic E-state index is -0.179. The molecule has 0 unspecified atom stereocenters. The fraction of sp³-hybridized carbons (Fsp3) is 0.200. The van der Waals surface area contributed by atoms with E-state index in [1.165, 1.54) is 11.3 Å². The fourth-order valence-electron chi connectivity index (χ4n) is 1.92. The Morgan fingerprint density at radius 2 is 1.77 bits per heavy atom. The molecule has 2 N–H and O–H groups in total. The maximum atomic E-state index is 12.2. The third kappa shape index (κ3) is 3.77. The van der Waals surface area contributed by atoms with Crippen LogP contribution in [0.4, 0.5) is 11.4 Å². The number of carbonyl (C=O) groups is 2. The summed E-state index contributed by atoms with van der Waals surface area (Å²) < 4.78 is 1.73. The fourth-order valence-corrected chi connectivity index (χ4v) is 3.85. The Bertz CT molecular complexity index is 721. The lowest BCUT2D eigenvalue weighted by atomic mass is 10.2. The van der Waals surface area contributed by atoms with Crippen molar-refractivity contribution in [1.82, 2.24) is 0 Å². The molecular formula is C15H12Br2N2O2S. The van der Waals surface area contributed by atoms with Gasteiger partial charge in [-0.2, -0.15) is 0 Å². The number of thiophene rings is 1. The Labute approximate surface area is 148 Å². The summed E-state index contributed by atoms with van der Waals surface area (Å²) >= 11 is 8.09. The number of hydrogen-bond acceptors (Lipinski definition) is 3. The minimum Gasteiger partial charge on any atom is -0.326 e. The van der Waals surface area contributed by atoms with Crippen LogP contribution < -0.4 is 10.6 Å². The van der Waals surface area contributed by atoms with Crippen LogP contribution in [0.5, 0.6) is 0 Å². The first-order chi connectivity index (χ1) is 10.5. The second-order valence-electron chi connectivity index (χ2n) is 5.03. The molecule has 7 heteroatoms. The largest absolute Gasteiger partial charge is 0.326 e. The zero-order valence-electron chi connectivity index (χ0n) is 11.4. The molecule has 1 aliphatic rings. The van der Waals surface area contributed by atoms with Crippen LogP contribution in [0.1, 0.15) is 22.5 Å². The molecule has 1 saturated carbocycles. The van der Waals surface area contributed by atoms with Crippen LogP contribution in [0, 0.1) is 5.92 Å². The van der Waals surface area contributed by atoms with Crippen molar-refractivity contribution in [2.75, 3.05) is 10.6 Å². The van der Waals surface area contributed by atoms with E-state index in [-0.39, 0.29) is 17.7 Å². The summed E-state index contributed by atoms with van der Waals surface area (Å²) in [4.78, 5) is 24.6. The Morgan fingerprint density at radius 1 is 1.09 bits per heavy atom. The molecule has 2 aromatic rings. The first kappa shape index (κ1) is 15.7. The summed E-state index contributed by atoms with van der Waals surface area (Å²) in [7, 11) is 0. The van der Waals surface area contributed by atoms with Crippen LogP contribution in [0.2, 0.25) is 0 Å². The number of hydrogen-bond donors (Lipinski definition) is 2. The molecule has 0 atom stereocenters. The molecular weight excluding hydrogens is 432 g/mol. The van der Waals surface area contributed by atoms with Crippen molar-refractivity contribution in [3.8, 4) is 0 Å². The van der Waals surface area contributed by atoms with Crippen LogP contribution in [0.3, 0.4) is 0 Å². The molecule has 3 rings (SSSR count). The number of amides is 2. The first-order valence-electron chi connectivity index (χ1n) is 6.70. The van der Waals surface area contributed by atoms with E-state index in [2.05, 4.69) is 42.5 Å². The highest BCUT2D eigenvalue weighted by Crippen LogP contribution is 2.33. The first-order valence-corrected chi connectivity index (χ1v) is 9.10. The van der Waals surface area contributed by atoms with E-state index in [0.717, 1.165) is 21.1 Å². The molecule has 114 valence electrons. The number of nitrogens with one attached hydrogen (secondary N) is 2. The lowest BCUT2D eigenvalue weighted by molar-refractivity contribution is -0.117. The lowest BCUT2D eigenvalue weighted by Gasteiger charge is -2.08. The summed E-state index contributed by atoms with van der Waals surface area (Å²) in [6.07, 6.45) is 1.93. The molecule has 4 nitrogen and oxygen atoms in total. The van der Waals surface area contributed by atoms with Crippen molar-refractivity contribution in [3.63, 3.8) is 0 Å². The lowest BCUT2D eigenvalue weighted by Crippen LogP contribution is -2.14. The summed E-state index contributed by atoms with van der Waals surface area (Å²) in [6, 6.07) is 8.94. The normalized spacial score (nSPS) is 13.7. The van der Waals surface area contributed by atoms with E-state index < -0.39 is 0 Å². The Morgan fingerprint density at radius 3 is 2.36 bits per heavy atom. The Hall–Kier alpha value is -1.18. The van der Waals surface area contributed by atoms with E-state index in [1.807, 2.05) is 6.07 Å². The van der Waals surface area contributed by atoms with Gasteiger partial charge in [-0.15, -0.1) is 11.3 Å². The van der Waals surface area contributed by atoms with Crippen molar-refractivity contribution in [3.05, 3.63) is 43.5 Å². The standard InChI is InChI=1S/C15H12Br2N2O2S/c16-11-7-12(22-13(11)17)15(21)19-10-3-1-2-9(6-10)18-14(20)8-4-5-8/h1-3,6-8H,4-5H2,(H,18,20)(H,19,21). The van der Waals surface area contributed by atoms with E-state index in [9.17, 15) is 9.59 Å². The predicted molar refractivity (Wildman–Crippen MR) is 95.5 cm³/mol. The van der Waals surface area contributed by atoms with Gasteiger partial charge in [0.15, 0.2) is 0 Å². The van der Waals surface area contributed by atoms with Crippen LogP contribution in [-0.4, -0.2) is 11.8 Å². The second kappa shape index (κ2) is 6.52. The molecule has 0 aliphatic heterocycles. The highest BCUT2D eigenvalue weighted by Gasteiger charge is 2.29. The van der Waals surface area contributed by atoms with Crippen molar-refractivity contribution >= 4 is 66.4 Å². The number of rotatable bonds is 4. The monoisotopic (exact) mass is 442 g/mol. The van der Waals surface area contributed by atoms with Crippen LogP contribution >= 0.6 is 43.2 Å². The zero-order chi connectivity index (χ0) is 15.7. The summed E-state index contributed by atoms with van der Waals surface area (Å²) in [6.45, 7) is 0. The van der Waals surface area contributed by atoms with Crippen molar-refractivity contribution in [2.24, 2.45) is 5.92 Å². The molecule has 22 heavy (non-hydrogen) atoms. The van der Waals surface area contributed by atoms with E-state index >= 15 is 0 Å². The Kier molecular flexibility index (Phi) is 4.65. The quantitative estimate of drug-likeness (QED) is 0.707. The minimum absolute atomic E-state index is 0.0506. The molecule has 1 aromatic heterocycles. The van der Waals surface area contributed by atoms with Gasteiger partial charge in [-0.25, -0.2) is 0 Å². The summed E-state index contributed by atoms with van der Waals surface area (Å²) in [5, 5.41) is 5.70. The highest BCUT2D eigenvalue weighted by atomic mass is 79.9. The maximum Gasteiger partial charge on any atom is 0.265 e. The molecule has 2 amide bonds. The van der Waals surface area contributed by atoms with Gasteiger partial charge in [-0.1, -0.05) is 6.07 Å². The average Bonchev–Trinajstić information content (AvgIpc) is 3.26. The number of anilines is 2. The molecule has 0 saturated heterocycles. The molecule has 1 heterocycles. The van der Waals surface area contributed by atoms with Gasteiger partial charge < -0.3 is 10.6 Å². The van der Waals surface area contributed by atoms with E-state index in [4.69, 9.17) is 0 Å². The predicted octanol–water partition coefficient (Wildman–Crippen LogP) is 4.87. The van der Waals surface area contributed by atoms with Gasteiger partial charge in [0.2, 0.25) is 5.91 Å². The van der Waals surface area contributed by atoms with Gasteiger partial charge >= 0.3 is 0 Å². The zero-order valence-corrected chi connectivity index (χ0v) is 15.3. The number of benzene rings is 1. The van der Waals surface area contributed by atoms with Crippen LogP contribution in [0.25, 0.3) is 0 Å². The molecule has 1 fully saturated rings. The summed E-state index contributed by atoms with van der Waals surface area (Å²) in [5.41, 5.74) is 1.35. The number of halogens is 2. The average molecular weight is 444 g/mol. The second-order valence-corrected chi connectivity index (χ2v) is 8.26. The van der Waals surface area contributed by atoms with Gasteiger partial charge in [0.1, 0.15) is 0 Å². The number of carbonyl (C=O) groups excluding carboxylic acids is 2. The maximum absolute atomic E-state index is 12.2. The molecule has 1 aromatic carbocycles. The van der Waals surface area contributed by atoms with Crippen LogP contribution in [-0.2, 0) is 4.79 Å². The SMILES string of the molecule is O=C(Nc1cccc(NC(=O)C2CC2)c1)c1cc(Br)c(Br)s1. The Balaban J connectivity index is 1.69. The van der Waals surface area contributed by atoms with Crippen molar-refractivity contribution < 1.29 is 9.59 Å².